The average Bonchev–Trinajstić information content (AvgIpc) is 2.62. The number of pyridine rings is 1. The fourth-order valence-electron chi connectivity index (χ4n) is 2.43. The van der Waals surface area contributed by atoms with Crippen molar-refractivity contribution in [3.63, 3.8) is 0 Å². The van der Waals surface area contributed by atoms with E-state index in [1.807, 2.05) is 30.3 Å². The molecule has 6 heteroatoms. The number of anilines is 2. The maximum absolute atomic E-state index is 12.5. The van der Waals surface area contributed by atoms with Crippen molar-refractivity contribution in [1.82, 2.24) is 15.0 Å². The third-order valence-electron chi connectivity index (χ3n) is 3.77. The van der Waals surface area contributed by atoms with Crippen LogP contribution >= 0.6 is 0 Å². The van der Waals surface area contributed by atoms with E-state index in [0.717, 1.165) is 23.9 Å². The van der Waals surface area contributed by atoms with Gasteiger partial charge in [0.05, 0.1) is 11.2 Å². The van der Waals surface area contributed by atoms with Crippen LogP contribution in [0, 0.1) is 5.92 Å². The minimum absolute atomic E-state index is 0.285. The van der Waals surface area contributed by atoms with Crippen LogP contribution in [0.3, 0.4) is 0 Å². The maximum Gasteiger partial charge on any atom is 0.274 e. The highest BCUT2D eigenvalue weighted by atomic mass is 16.1. The fourth-order valence-corrected chi connectivity index (χ4v) is 2.43. The highest BCUT2D eigenvalue weighted by molar-refractivity contribution is 6.07. The molecule has 1 amide bonds. The standard InChI is InChI=1S/C19H21N5O/c1-13(2)8-11-21-19-22-12-9-16(24-19)18(25)23-15-7-3-5-14-6-4-10-20-17(14)15/h3-7,9-10,12-13H,8,11H2,1-2H3,(H,23,25)(H,21,22,24). The Labute approximate surface area is 146 Å². The summed E-state index contributed by atoms with van der Waals surface area (Å²) in [4.78, 5) is 25.3. The largest absolute Gasteiger partial charge is 0.354 e. The van der Waals surface area contributed by atoms with E-state index < -0.39 is 0 Å². The van der Waals surface area contributed by atoms with Gasteiger partial charge in [-0.3, -0.25) is 9.78 Å². The number of carbonyl (C=O) groups is 1. The van der Waals surface area contributed by atoms with Gasteiger partial charge in [-0.15, -0.1) is 0 Å². The Morgan fingerprint density at radius 3 is 2.76 bits per heavy atom. The zero-order valence-corrected chi connectivity index (χ0v) is 14.4. The molecule has 128 valence electrons. The van der Waals surface area contributed by atoms with E-state index in [1.165, 1.54) is 0 Å². The molecular formula is C19H21N5O. The van der Waals surface area contributed by atoms with E-state index in [4.69, 9.17) is 0 Å². The zero-order chi connectivity index (χ0) is 17.6. The van der Waals surface area contributed by atoms with Crippen molar-refractivity contribution >= 4 is 28.4 Å². The van der Waals surface area contributed by atoms with Gasteiger partial charge in [0.15, 0.2) is 0 Å². The number of hydrogen-bond donors (Lipinski definition) is 2. The minimum Gasteiger partial charge on any atom is -0.354 e. The van der Waals surface area contributed by atoms with Crippen LogP contribution in [0.2, 0.25) is 0 Å². The summed E-state index contributed by atoms with van der Waals surface area (Å²) >= 11 is 0. The van der Waals surface area contributed by atoms with Gasteiger partial charge in [-0.25, -0.2) is 9.97 Å². The molecule has 0 saturated carbocycles. The van der Waals surface area contributed by atoms with Gasteiger partial charge in [-0.1, -0.05) is 32.0 Å². The SMILES string of the molecule is CC(C)CCNc1nccc(C(=O)Nc2cccc3cccnc23)n1. The van der Waals surface area contributed by atoms with Crippen molar-refractivity contribution in [1.29, 1.82) is 0 Å². The molecule has 0 aliphatic rings. The number of nitrogens with zero attached hydrogens (tertiary/aromatic N) is 3. The topological polar surface area (TPSA) is 79.8 Å². The number of para-hydroxylation sites is 1. The van der Waals surface area contributed by atoms with Gasteiger partial charge in [-0.2, -0.15) is 0 Å². The van der Waals surface area contributed by atoms with E-state index in [0.29, 0.717) is 23.2 Å². The van der Waals surface area contributed by atoms with Crippen molar-refractivity contribution in [2.24, 2.45) is 5.92 Å². The maximum atomic E-state index is 12.5. The molecule has 0 bridgehead atoms. The Bertz CT molecular complexity index is 873. The first-order chi connectivity index (χ1) is 12.1. The van der Waals surface area contributed by atoms with E-state index in [1.54, 1.807) is 18.5 Å². The van der Waals surface area contributed by atoms with Crippen LogP contribution in [-0.2, 0) is 0 Å². The minimum atomic E-state index is -0.285. The molecule has 3 rings (SSSR count). The average molecular weight is 335 g/mol. The molecule has 1 aromatic carbocycles. The lowest BCUT2D eigenvalue weighted by Gasteiger charge is -2.09. The second-order valence-electron chi connectivity index (χ2n) is 6.21. The molecular weight excluding hydrogens is 314 g/mol. The summed E-state index contributed by atoms with van der Waals surface area (Å²) in [7, 11) is 0. The summed E-state index contributed by atoms with van der Waals surface area (Å²) in [6, 6.07) is 11.1. The molecule has 3 aromatic rings. The molecule has 0 saturated heterocycles. The number of amides is 1. The first-order valence-corrected chi connectivity index (χ1v) is 8.35. The Balaban J connectivity index is 1.74. The molecule has 2 N–H and O–H groups in total. The van der Waals surface area contributed by atoms with Crippen LogP contribution in [0.1, 0.15) is 30.8 Å². The Morgan fingerprint density at radius 1 is 1.08 bits per heavy atom. The lowest BCUT2D eigenvalue weighted by atomic mass is 10.1. The van der Waals surface area contributed by atoms with Crippen LogP contribution < -0.4 is 10.6 Å². The lowest BCUT2D eigenvalue weighted by molar-refractivity contribution is 0.102. The zero-order valence-electron chi connectivity index (χ0n) is 14.4. The summed E-state index contributed by atoms with van der Waals surface area (Å²) in [5, 5.41) is 7.00. The molecule has 6 nitrogen and oxygen atoms in total. The molecule has 0 spiro atoms. The summed E-state index contributed by atoms with van der Waals surface area (Å²) in [5.41, 5.74) is 1.73. The van der Waals surface area contributed by atoms with Gasteiger partial charge in [0.2, 0.25) is 5.95 Å². The first-order valence-electron chi connectivity index (χ1n) is 8.35. The molecule has 0 fully saturated rings. The fraction of sp³-hybridized carbons (Fsp3) is 0.263. The molecule has 0 atom stereocenters. The monoisotopic (exact) mass is 335 g/mol. The second kappa shape index (κ2) is 7.70. The smallest absolute Gasteiger partial charge is 0.274 e. The van der Waals surface area contributed by atoms with Gasteiger partial charge in [0.25, 0.3) is 5.91 Å². The second-order valence-corrected chi connectivity index (χ2v) is 6.21. The van der Waals surface area contributed by atoms with Crippen molar-refractivity contribution in [3.8, 4) is 0 Å². The van der Waals surface area contributed by atoms with Crippen molar-refractivity contribution < 1.29 is 4.79 Å². The first kappa shape index (κ1) is 16.8. The third-order valence-corrected chi connectivity index (χ3v) is 3.77. The number of carbonyl (C=O) groups excluding carboxylic acids is 1. The van der Waals surface area contributed by atoms with Crippen LogP contribution in [0.4, 0.5) is 11.6 Å². The van der Waals surface area contributed by atoms with Gasteiger partial charge in [0, 0.05) is 24.3 Å². The highest BCUT2D eigenvalue weighted by Crippen LogP contribution is 2.21. The number of aromatic nitrogens is 3. The van der Waals surface area contributed by atoms with Gasteiger partial charge < -0.3 is 10.6 Å². The third kappa shape index (κ3) is 4.29. The summed E-state index contributed by atoms with van der Waals surface area (Å²) in [5.74, 6) is 0.773. The highest BCUT2D eigenvalue weighted by Gasteiger charge is 2.11. The summed E-state index contributed by atoms with van der Waals surface area (Å²) < 4.78 is 0. The van der Waals surface area contributed by atoms with Crippen molar-refractivity contribution in [3.05, 3.63) is 54.5 Å². The Kier molecular flexibility index (Phi) is 5.18. The van der Waals surface area contributed by atoms with E-state index in [-0.39, 0.29) is 5.91 Å². The Hall–Kier alpha value is -3.02. The summed E-state index contributed by atoms with van der Waals surface area (Å²) in [6.07, 6.45) is 4.31. The molecule has 0 radical (unpaired) electrons. The molecule has 0 aliphatic heterocycles. The predicted octanol–water partition coefficient (Wildman–Crippen LogP) is 3.74. The molecule has 25 heavy (non-hydrogen) atoms. The number of fused-ring (bicyclic) bond motifs is 1. The van der Waals surface area contributed by atoms with E-state index in [2.05, 4.69) is 39.4 Å². The predicted molar refractivity (Wildman–Crippen MR) is 99.7 cm³/mol. The molecule has 2 heterocycles. The lowest BCUT2D eigenvalue weighted by Crippen LogP contribution is -2.16. The molecule has 0 aliphatic carbocycles. The summed E-state index contributed by atoms with van der Waals surface area (Å²) in [6.45, 7) is 5.09. The number of nitrogens with one attached hydrogen (secondary N) is 2. The van der Waals surface area contributed by atoms with Crippen LogP contribution in [0.5, 0.6) is 0 Å². The van der Waals surface area contributed by atoms with E-state index in [9.17, 15) is 4.79 Å². The van der Waals surface area contributed by atoms with Gasteiger partial charge in [-0.05, 0) is 30.5 Å². The van der Waals surface area contributed by atoms with Crippen molar-refractivity contribution in [2.45, 2.75) is 20.3 Å². The molecule has 0 unspecified atom stereocenters. The van der Waals surface area contributed by atoms with Gasteiger partial charge in [0.1, 0.15) is 5.69 Å². The number of hydrogen-bond acceptors (Lipinski definition) is 5. The molecule has 2 aromatic heterocycles. The van der Waals surface area contributed by atoms with Crippen LogP contribution in [0.25, 0.3) is 10.9 Å². The normalized spacial score (nSPS) is 10.8. The number of rotatable bonds is 6. The van der Waals surface area contributed by atoms with E-state index >= 15 is 0 Å². The number of benzene rings is 1. The van der Waals surface area contributed by atoms with Crippen LogP contribution in [0.15, 0.2) is 48.8 Å². The Morgan fingerprint density at radius 2 is 1.92 bits per heavy atom. The van der Waals surface area contributed by atoms with Crippen molar-refractivity contribution in [2.75, 3.05) is 17.2 Å². The quantitative estimate of drug-likeness (QED) is 0.717. The van der Waals surface area contributed by atoms with Gasteiger partial charge >= 0.3 is 0 Å². The van der Waals surface area contributed by atoms with Crippen LogP contribution in [-0.4, -0.2) is 27.4 Å².